The molecular weight excluding hydrogens is 619 g/mol. The second kappa shape index (κ2) is 12.8. The van der Waals surface area contributed by atoms with Gasteiger partial charge in [0.05, 0.1) is 17.2 Å². The van der Waals surface area contributed by atoms with Gasteiger partial charge in [-0.3, -0.25) is 4.98 Å². The molecule has 2 aliphatic heterocycles. The van der Waals surface area contributed by atoms with Crippen molar-refractivity contribution >= 4 is 39.1 Å². The van der Waals surface area contributed by atoms with E-state index in [2.05, 4.69) is 11.1 Å². The summed E-state index contributed by atoms with van der Waals surface area (Å²) in [6.07, 6.45) is 4.42. The first kappa shape index (κ1) is 30.4. The van der Waals surface area contributed by atoms with Crippen molar-refractivity contribution in [3.8, 4) is 16.9 Å². The average Bonchev–Trinajstić information content (AvgIpc) is 3.01. The summed E-state index contributed by atoms with van der Waals surface area (Å²) in [5, 5.41) is 0.945. The predicted molar refractivity (Wildman–Crippen MR) is 172 cm³/mol. The van der Waals surface area contributed by atoms with Crippen LogP contribution in [0.2, 0.25) is 10.0 Å². The van der Waals surface area contributed by atoms with Gasteiger partial charge in [-0.1, -0.05) is 65.7 Å². The molecule has 7 nitrogen and oxygen atoms in total. The van der Waals surface area contributed by atoms with Gasteiger partial charge >= 0.3 is 6.09 Å². The Kier molecular flexibility index (Phi) is 8.85. The minimum absolute atomic E-state index is 0.0268. The number of hydrogen-bond acceptors (Lipinski definition) is 6. The third-order valence-corrected chi connectivity index (χ3v) is 10.6. The van der Waals surface area contributed by atoms with E-state index in [9.17, 15) is 13.2 Å². The monoisotopic (exact) mass is 650 g/mol. The normalized spacial score (nSPS) is 15.8. The molecule has 0 saturated carbocycles. The molecule has 4 aromatic rings. The number of aryl methyl sites for hydroxylation is 1. The third-order valence-electron chi connectivity index (χ3n) is 8.34. The molecule has 10 heteroatoms. The van der Waals surface area contributed by atoms with Gasteiger partial charge in [0.25, 0.3) is 0 Å². The first-order valence-corrected chi connectivity index (χ1v) is 17.1. The molecule has 1 spiro atoms. The molecule has 0 radical (unpaired) electrons. The first-order valence-electron chi connectivity index (χ1n) is 14.5. The molecule has 1 aromatic heterocycles. The molecule has 3 heterocycles. The lowest BCUT2D eigenvalue weighted by Crippen LogP contribution is -2.51. The number of carbonyl (C=O) groups excluding carboxylic acids is 1. The van der Waals surface area contributed by atoms with Crippen molar-refractivity contribution < 1.29 is 22.7 Å². The maximum Gasteiger partial charge on any atom is 0.410 e. The molecule has 228 valence electrons. The Hall–Kier alpha value is -3.59. The van der Waals surface area contributed by atoms with Crippen molar-refractivity contribution in [3.63, 3.8) is 0 Å². The summed E-state index contributed by atoms with van der Waals surface area (Å²) in [6.45, 7) is 1.12. The lowest BCUT2D eigenvalue weighted by Gasteiger charge is -2.44. The minimum Gasteiger partial charge on any atom is -0.487 e. The Balaban J connectivity index is 1.04. The molecule has 1 amide bonds. The second-order valence-corrected chi connectivity index (χ2v) is 14.3. The number of nitrogens with zero attached hydrogens (tertiary/aromatic N) is 2. The second-order valence-electron chi connectivity index (χ2n) is 11.4. The molecule has 3 aromatic carbocycles. The van der Waals surface area contributed by atoms with E-state index in [1.807, 2.05) is 36.4 Å². The van der Waals surface area contributed by atoms with Gasteiger partial charge in [-0.15, -0.1) is 0 Å². The fraction of sp³-hybridized carbons (Fsp3) is 0.294. The number of likely N-dealkylation sites (tertiary alicyclic amines) is 1. The molecule has 2 aliphatic rings. The molecule has 44 heavy (non-hydrogen) atoms. The van der Waals surface area contributed by atoms with Gasteiger partial charge in [-0.25, -0.2) is 13.2 Å². The zero-order valence-electron chi connectivity index (χ0n) is 24.0. The number of ether oxygens (including phenoxy) is 2. The number of benzene rings is 3. The van der Waals surface area contributed by atoms with Gasteiger partial charge in [-0.2, -0.15) is 0 Å². The fourth-order valence-electron chi connectivity index (χ4n) is 5.85. The molecule has 0 atom stereocenters. The molecule has 0 bridgehead atoms. The zero-order valence-corrected chi connectivity index (χ0v) is 26.4. The number of carbonyl (C=O) groups is 1. The van der Waals surface area contributed by atoms with Crippen molar-refractivity contribution in [2.24, 2.45) is 0 Å². The Morgan fingerprint density at radius 3 is 2.32 bits per heavy atom. The maximum atomic E-state index is 12.7. The number of hydrogen-bond donors (Lipinski definition) is 0. The standard InChI is InChI=1S/C34H32Cl2N2O5S/c35-30-5-3-6-31(36)29(30)21-42-33(39)38-18-15-34(16-19-38)14-13-27-20-26(11-12-32(27)43-34)25-9-7-24(8-10-25)22-44(40,41)23-28-4-1-2-17-37-28/h1-12,17,20H,13-16,18-19,21-23H2. The Labute approximate surface area is 267 Å². The molecule has 0 aliphatic carbocycles. The Morgan fingerprint density at radius 2 is 1.61 bits per heavy atom. The molecular formula is C34H32Cl2N2O5S. The van der Waals surface area contributed by atoms with E-state index in [1.165, 1.54) is 0 Å². The fourth-order valence-corrected chi connectivity index (χ4v) is 7.78. The van der Waals surface area contributed by atoms with Crippen LogP contribution in [-0.4, -0.2) is 43.1 Å². The van der Waals surface area contributed by atoms with Crippen LogP contribution in [0.5, 0.6) is 5.75 Å². The highest BCUT2D eigenvalue weighted by Gasteiger charge is 2.41. The van der Waals surface area contributed by atoms with Crippen LogP contribution >= 0.6 is 23.2 Å². The summed E-state index contributed by atoms with van der Waals surface area (Å²) in [4.78, 5) is 18.6. The van der Waals surface area contributed by atoms with Crippen LogP contribution < -0.4 is 4.74 Å². The highest BCUT2D eigenvalue weighted by molar-refractivity contribution is 7.89. The largest absolute Gasteiger partial charge is 0.487 e. The van der Waals surface area contributed by atoms with E-state index in [4.69, 9.17) is 32.7 Å². The lowest BCUT2D eigenvalue weighted by molar-refractivity contribution is -0.0150. The third kappa shape index (κ3) is 7.04. The van der Waals surface area contributed by atoms with Gasteiger partial charge in [0.15, 0.2) is 9.84 Å². The van der Waals surface area contributed by atoms with Crippen molar-refractivity contribution in [2.75, 3.05) is 13.1 Å². The van der Waals surface area contributed by atoms with E-state index in [1.54, 1.807) is 47.5 Å². The van der Waals surface area contributed by atoms with Crippen LogP contribution in [0.25, 0.3) is 11.1 Å². The summed E-state index contributed by atoms with van der Waals surface area (Å²) in [5.74, 6) is 0.763. The highest BCUT2D eigenvalue weighted by Crippen LogP contribution is 2.41. The molecule has 6 rings (SSSR count). The van der Waals surface area contributed by atoms with E-state index < -0.39 is 9.84 Å². The van der Waals surface area contributed by atoms with Crippen LogP contribution in [0.1, 0.15) is 41.6 Å². The summed E-state index contributed by atoms with van der Waals surface area (Å²) >= 11 is 12.4. The van der Waals surface area contributed by atoms with Gasteiger partial charge in [0, 0.05) is 47.7 Å². The summed E-state index contributed by atoms with van der Waals surface area (Å²) < 4.78 is 37.5. The molecule has 1 saturated heterocycles. The molecule has 1 fully saturated rings. The summed E-state index contributed by atoms with van der Waals surface area (Å²) in [7, 11) is -3.33. The predicted octanol–water partition coefficient (Wildman–Crippen LogP) is 7.67. The highest BCUT2D eigenvalue weighted by atomic mass is 35.5. The van der Waals surface area contributed by atoms with Crippen molar-refractivity contribution in [2.45, 2.75) is 49.4 Å². The van der Waals surface area contributed by atoms with Gasteiger partial charge in [0.1, 0.15) is 18.0 Å². The first-order chi connectivity index (χ1) is 21.2. The molecule has 0 N–H and O–H groups in total. The number of fused-ring (bicyclic) bond motifs is 1. The number of piperidine rings is 1. The number of rotatable bonds is 7. The van der Waals surface area contributed by atoms with Crippen LogP contribution in [0.3, 0.4) is 0 Å². The SMILES string of the molecule is O=C(OCc1c(Cl)cccc1Cl)N1CCC2(CCc3cc(-c4ccc(CS(=O)(=O)Cc5ccccn5)cc4)ccc3O2)CC1. The Bertz CT molecular complexity index is 1740. The maximum absolute atomic E-state index is 12.7. The quantitative estimate of drug-likeness (QED) is 0.204. The number of halogens is 2. The smallest absolute Gasteiger partial charge is 0.410 e. The topological polar surface area (TPSA) is 85.8 Å². The Morgan fingerprint density at radius 1 is 0.886 bits per heavy atom. The van der Waals surface area contributed by atoms with Gasteiger partial charge in [-0.05, 0) is 71.5 Å². The van der Waals surface area contributed by atoms with E-state index in [0.29, 0.717) is 34.4 Å². The van der Waals surface area contributed by atoms with Crippen molar-refractivity contribution in [3.05, 3.63) is 117 Å². The number of sulfone groups is 1. The minimum atomic E-state index is -3.33. The van der Waals surface area contributed by atoms with Gasteiger partial charge < -0.3 is 14.4 Å². The number of pyridine rings is 1. The number of amides is 1. The van der Waals surface area contributed by atoms with Crippen molar-refractivity contribution in [1.29, 1.82) is 0 Å². The van der Waals surface area contributed by atoms with E-state index in [-0.39, 0.29) is 29.8 Å². The van der Waals surface area contributed by atoms with Crippen LogP contribution in [0.4, 0.5) is 4.79 Å². The van der Waals surface area contributed by atoms with Gasteiger partial charge in [0.2, 0.25) is 0 Å². The van der Waals surface area contributed by atoms with Crippen LogP contribution in [-0.2, 0) is 39.1 Å². The molecule has 0 unspecified atom stereocenters. The number of aromatic nitrogens is 1. The van der Waals surface area contributed by atoms with E-state index >= 15 is 0 Å². The zero-order chi connectivity index (χ0) is 30.7. The van der Waals surface area contributed by atoms with Crippen LogP contribution in [0.15, 0.2) is 85.1 Å². The lowest BCUT2D eigenvalue weighted by atomic mass is 9.82. The van der Waals surface area contributed by atoms with Crippen molar-refractivity contribution in [1.82, 2.24) is 9.88 Å². The average molecular weight is 652 g/mol. The van der Waals surface area contributed by atoms with E-state index in [0.717, 1.165) is 53.7 Å². The summed E-state index contributed by atoms with van der Waals surface area (Å²) in [6, 6.07) is 24.4. The summed E-state index contributed by atoms with van der Waals surface area (Å²) in [5.41, 5.74) is 4.81. The van der Waals surface area contributed by atoms with Crippen LogP contribution in [0, 0.1) is 0 Å².